The van der Waals surface area contributed by atoms with E-state index >= 15 is 0 Å². The maximum atomic E-state index is 12.8. The second-order valence-corrected chi connectivity index (χ2v) is 12.8. The summed E-state index contributed by atoms with van der Waals surface area (Å²) < 4.78 is 27.8. The molecule has 1 fully saturated rings. The molecule has 12 heteroatoms. The van der Waals surface area contributed by atoms with Crippen LogP contribution in [-0.2, 0) is 40.5 Å². The van der Waals surface area contributed by atoms with Gasteiger partial charge in [0.25, 0.3) is 0 Å². The van der Waals surface area contributed by atoms with Crippen LogP contribution in [-0.4, -0.2) is 77.4 Å². The number of carboxylic acid groups (broad SMARTS) is 1. The Kier molecular flexibility index (Phi) is 9.68. The van der Waals surface area contributed by atoms with Crippen LogP contribution in [0.3, 0.4) is 0 Å². The van der Waals surface area contributed by atoms with Gasteiger partial charge in [-0.05, 0) is 56.3 Å². The zero-order chi connectivity index (χ0) is 35.6. The van der Waals surface area contributed by atoms with Crippen LogP contribution < -0.4 is 14.2 Å². The highest BCUT2D eigenvalue weighted by Crippen LogP contribution is 2.65. The average Bonchev–Trinajstić information content (AvgIpc) is 3.46. The summed E-state index contributed by atoms with van der Waals surface area (Å²) in [5.41, 5.74) is 0.760. The van der Waals surface area contributed by atoms with Crippen LogP contribution in [0.1, 0.15) is 55.4 Å². The van der Waals surface area contributed by atoms with Gasteiger partial charge in [0.05, 0.1) is 31.0 Å². The molecule has 2 aliphatic heterocycles. The molecule has 7 rings (SSSR count). The number of hydrogen-bond donors (Lipinski definition) is 2. The number of rotatable bonds is 9. The number of aliphatic carboxylic acids is 1. The lowest BCUT2D eigenvalue weighted by Crippen LogP contribution is -2.74. The zero-order valence-electron chi connectivity index (χ0n) is 28.0. The fourth-order valence-corrected chi connectivity index (χ4v) is 7.70. The number of carbonyl (C=O) groups is 4. The molecule has 50 heavy (non-hydrogen) atoms. The lowest BCUT2D eigenvalue weighted by atomic mass is 9.50. The number of ether oxygens (including phenoxy) is 5. The van der Waals surface area contributed by atoms with Crippen molar-refractivity contribution in [3.05, 3.63) is 101 Å². The van der Waals surface area contributed by atoms with E-state index in [-0.39, 0.29) is 18.9 Å². The number of methoxy groups -OCH3 is 1. The summed E-state index contributed by atoms with van der Waals surface area (Å²) in [6.45, 7) is 1.97. The first-order valence-electron chi connectivity index (χ1n) is 16.4. The van der Waals surface area contributed by atoms with Crippen molar-refractivity contribution >= 4 is 23.9 Å². The van der Waals surface area contributed by atoms with Crippen molar-refractivity contribution in [2.24, 2.45) is 0 Å². The molecule has 2 heterocycles. The summed E-state index contributed by atoms with van der Waals surface area (Å²) in [6, 6.07) is 20.9. The summed E-state index contributed by atoms with van der Waals surface area (Å²) >= 11 is 0. The molecule has 262 valence electrons. The minimum atomic E-state index is -1.21. The standard InChI is InChI=1S/C28H29NO7.C10H10O4/c1-29-15-14-27-24-17-8-9-19(33-2)25(24)36-26(27)20(12-13-28(27,32)21(29)16-17)35-23(31)11-10-22(30)34-18-6-4-3-5-7-18;1-7(11)14-9(10(12)13)8-5-3-2-4-6-8/h3-9,12,21,26,32H,10-11,13-16H2,1-2H3;2-6,9H,1H3,(H,12,13)/t21-,26+,27+,28-;9-/m10/s1. The Morgan fingerprint density at radius 1 is 0.960 bits per heavy atom. The van der Waals surface area contributed by atoms with Crippen molar-refractivity contribution in [1.82, 2.24) is 4.90 Å². The lowest BCUT2D eigenvalue weighted by molar-refractivity contribution is -0.169. The van der Waals surface area contributed by atoms with Crippen molar-refractivity contribution in [3.63, 3.8) is 0 Å². The Labute approximate surface area is 289 Å². The summed E-state index contributed by atoms with van der Waals surface area (Å²) in [6.07, 6.45) is 1.39. The van der Waals surface area contributed by atoms with Crippen LogP contribution in [0.25, 0.3) is 0 Å². The van der Waals surface area contributed by atoms with Gasteiger partial charge in [-0.3, -0.25) is 14.4 Å². The Hall–Kier alpha value is -5.20. The first-order valence-corrected chi connectivity index (χ1v) is 16.4. The van der Waals surface area contributed by atoms with Crippen LogP contribution in [0.2, 0.25) is 0 Å². The van der Waals surface area contributed by atoms with Crippen molar-refractivity contribution in [2.45, 2.75) is 68.3 Å². The third-order valence-electron chi connectivity index (χ3n) is 9.91. The summed E-state index contributed by atoms with van der Waals surface area (Å²) in [4.78, 5) is 48.6. The predicted octanol–water partition coefficient (Wildman–Crippen LogP) is 4.28. The number of nitrogens with zero attached hydrogens (tertiary/aromatic N) is 1. The van der Waals surface area contributed by atoms with Crippen molar-refractivity contribution in [2.75, 3.05) is 20.7 Å². The molecule has 3 aromatic carbocycles. The van der Waals surface area contributed by atoms with Gasteiger partial charge in [-0.25, -0.2) is 4.79 Å². The van der Waals surface area contributed by atoms with Gasteiger partial charge in [-0.1, -0.05) is 54.6 Å². The number of likely N-dealkylation sites (tertiary alicyclic amines) is 1. The van der Waals surface area contributed by atoms with Gasteiger partial charge in [0.15, 0.2) is 17.6 Å². The number of piperidine rings is 1. The zero-order valence-corrected chi connectivity index (χ0v) is 28.0. The Balaban J connectivity index is 0.000000261. The van der Waals surface area contributed by atoms with Crippen LogP contribution in [0.15, 0.2) is 84.6 Å². The van der Waals surface area contributed by atoms with Crippen LogP contribution >= 0.6 is 0 Å². The van der Waals surface area contributed by atoms with Gasteiger partial charge in [-0.2, -0.15) is 0 Å². The van der Waals surface area contributed by atoms with Gasteiger partial charge in [0, 0.05) is 30.5 Å². The molecule has 2 bridgehead atoms. The van der Waals surface area contributed by atoms with Gasteiger partial charge in [0.2, 0.25) is 6.10 Å². The monoisotopic (exact) mass is 685 g/mol. The van der Waals surface area contributed by atoms with E-state index in [2.05, 4.69) is 15.7 Å². The van der Waals surface area contributed by atoms with E-state index in [1.165, 1.54) is 6.92 Å². The van der Waals surface area contributed by atoms with E-state index in [1.54, 1.807) is 67.8 Å². The fourth-order valence-electron chi connectivity index (χ4n) is 7.70. The van der Waals surface area contributed by atoms with E-state index in [1.807, 2.05) is 19.2 Å². The Morgan fingerprint density at radius 2 is 1.62 bits per heavy atom. The third-order valence-corrected chi connectivity index (χ3v) is 9.91. The second kappa shape index (κ2) is 14.0. The quantitative estimate of drug-likeness (QED) is 0.244. The highest BCUT2D eigenvalue weighted by molar-refractivity contribution is 5.80. The minimum Gasteiger partial charge on any atom is -0.493 e. The molecule has 0 unspecified atom stereocenters. The van der Waals surface area contributed by atoms with E-state index < -0.39 is 47.1 Å². The number of likely N-dealkylation sites (N-methyl/N-ethyl adjacent to an activating group) is 1. The van der Waals surface area contributed by atoms with Crippen LogP contribution in [0.5, 0.6) is 17.2 Å². The number of hydrogen-bond acceptors (Lipinski definition) is 11. The van der Waals surface area contributed by atoms with Gasteiger partial charge in [0.1, 0.15) is 11.5 Å². The molecule has 2 N–H and O–H groups in total. The molecule has 1 saturated heterocycles. The normalized spacial score (nSPS) is 24.5. The third kappa shape index (κ3) is 6.20. The summed E-state index contributed by atoms with van der Waals surface area (Å²) in [5, 5.41) is 21.0. The number of esters is 3. The molecule has 5 atom stereocenters. The molecule has 0 radical (unpaired) electrons. The lowest BCUT2D eigenvalue weighted by Gasteiger charge is -2.61. The SMILES string of the molecule is CC(=O)O[C@H](C(=O)O)c1ccccc1.COc1ccc2c3c1O[C@H]1C(OC(=O)CCC(=O)Oc4ccccc4)=CC[C@@]4(O)[C@@H](C2)N(C)CC[C@]314. The van der Waals surface area contributed by atoms with Crippen LogP contribution in [0, 0.1) is 0 Å². The molecule has 2 aliphatic carbocycles. The molecule has 0 saturated carbocycles. The van der Waals surface area contributed by atoms with Crippen LogP contribution in [0.4, 0.5) is 0 Å². The first-order chi connectivity index (χ1) is 24.0. The molecule has 12 nitrogen and oxygen atoms in total. The number of carbonyl (C=O) groups excluding carboxylic acids is 3. The molecule has 0 aromatic heterocycles. The Morgan fingerprint density at radius 3 is 2.26 bits per heavy atom. The topological polar surface area (TPSA) is 158 Å². The molecule has 3 aromatic rings. The Bertz CT molecular complexity index is 1810. The van der Waals surface area contributed by atoms with Crippen molar-refractivity contribution in [3.8, 4) is 17.2 Å². The van der Waals surface area contributed by atoms with Gasteiger partial charge in [-0.15, -0.1) is 0 Å². The number of carboxylic acids is 1. The number of benzene rings is 3. The van der Waals surface area contributed by atoms with E-state index in [4.69, 9.17) is 24.1 Å². The minimum absolute atomic E-state index is 0.0783. The molecule has 0 amide bonds. The summed E-state index contributed by atoms with van der Waals surface area (Å²) in [5.74, 6) is -0.792. The predicted molar refractivity (Wildman–Crippen MR) is 177 cm³/mol. The van der Waals surface area contributed by atoms with E-state index in [9.17, 15) is 24.3 Å². The van der Waals surface area contributed by atoms with Crippen molar-refractivity contribution in [1.29, 1.82) is 0 Å². The molecule has 4 aliphatic rings. The molecular weight excluding hydrogens is 646 g/mol. The summed E-state index contributed by atoms with van der Waals surface area (Å²) in [7, 11) is 3.64. The highest BCUT2D eigenvalue weighted by Gasteiger charge is 2.72. The first kappa shape index (κ1) is 34.7. The average molecular weight is 686 g/mol. The number of aliphatic hydroxyl groups is 1. The number of para-hydroxylation sites is 1. The smallest absolute Gasteiger partial charge is 0.349 e. The molecule has 1 spiro atoms. The maximum absolute atomic E-state index is 12.8. The highest BCUT2D eigenvalue weighted by atomic mass is 16.6. The van der Waals surface area contributed by atoms with Gasteiger partial charge < -0.3 is 38.8 Å². The maximum Gasteiger partial charge on any atom is 0.349 e. The largest absolute Gasteiger partial charge is 0.493 e. The van der Waals surface area contributed by atoms with E-state index in [0.29, 0.717) is 47.8 Å². The van der Waals surface area contributed by atoms with Crippen molar-refractivity contribution < 1.29 is 53.1 Å². The van der Waals surface area contributed by atoms with Gasteiger partial charge >= 0.3 is 23.9 Å². The second-order valence-electron chi connectivity index (χ2n) is 12.8. The van der Waals surface area contributed by atoms with E-state index in [0.717, 1.165) is 17.7 Å². The molecular formula is C38H39NO11. The fraction of sp³-hybridized carbons (Fsp3) is 0.368.